The van der Waals surface area contributed by atoms with Gasteiger partial charge in [-0.3, -0.25) is 4.90 Å². The van der Waals surface area contributed by atoms with Gasteiger partial charge in [-0.2, -0.15) is 0 Å². The Morgan fingerprint density at radius 1 is 0.796 bits per heavy atom. The summed E-state index contributed by atoms with van der Waals surface area (Å²) < 4.78 is 13.7. The van der Waals surface area contributed by atoms with Crippen LogP contribution in [0.15, 0.2) is 72.8 Å². The summed E-state index contributed by atoms with van der Waals surface area (Å²) in [6, 6.07) is 25.9. The number of ether oxygens (including phenoxy) is 2. The third-order valence-electron chi connectivity index (χ3n) is 14.0. The molecule has 3 aromatic carbocycles. The molecule has 8 nitrogen and oxygen atoms in total. The summed E-state index contributed by atoms with van der Waals surface area (Å²) in [5.41, 5.74) is 6.40. The van der Waals surface area contributed by atoms with E-state index in [2.05, 4.69) is 88.0 Å². The zero-order valence-corrected chi connectivity index (χ0v) is 32.1. The topological polar surface area (TPSA) is 86.3 Å². The van der Waals surface area contributed by atoms with E-state index < -0.39 is 6.29 Å². The number of nitrogens with zero attached hydrogens (tertiary/aromatic N) is 2. The maximum absolute atomic E-state index is 13.2. The number of nitrogens with one attached hydrogen (secondary N) is 2. The van der Waals surface area contributed by atoms with Crippen LogP contribution in [-0.2, 0) is 22.6 Å². The highest BCUT2D eigenvalue weighted by molar-refractivity contribution is 5.75. The largest absolute Gasteiger partial charge is 0.392 e. The minimum absolute atomic E-state index is 0.0146. The molecule has 288 valence electrons. The molecule has 3 saturated heterocycles. The van der Waals surface area contributed by atoms with Crippen LogP contribution in [0, 0.1) is 23.7 Å². The van der Waals surface area contributed by atoms with Crippen molar-refractivity contribution in [1.29, 1.82) is 0 Å². The molecule has 4 saturated carbocycles. The fourth-order valence-corrected chi connectivity index (χ4v) is 11.6. The lowest BCUT2D eigenvalue weighted by Crippen LogP contribution is -2.61. The van der Waals surface area contributed by atoms with Gasteiger partial charge in [0.1, 0.15) is 0 Å². The van der Waals surface area contributed by atoms with Crippen molar-refractivity contribution in [3.05, 3.63) is 95.1 Å². The monoisotopic (exact) mass is 732 g/mol. The number of amides is 2. The first kappa shape index (κ1) is 36.4. The van der Waals surface area contributed by atoms with Gasteiger partial charge in [-0.05, 0) is 135 Å². The molecule has 0 unspecified atom stereocenters. The lowest BCUT2D eigenvalue weighted by atomic mass is 9.53. The Labute approximate surface area is 322 Å². The van der Waals surface area contributed by atoms with Crippen LogP contribution < -0.4 is 10.6 Å². The van der Waals surface area contributed by atoms with Crippen LogP contribution in [0.4, 0.5) is 4.79 Å². The molecule has 0 spiro atoms. The second-order valence-corrected chi connectivity index (χ2v) is 17.9. The van der Waals surface area contributed by atoms with Crippen molar-refractivity contribution in [1.82, 2.24) is 20.4 Å². The number of likely N-dealkylation sites (tertiary alicyclic amines) is 2. The van der Waals surface area contributed by atoms with Crippen molar-refractivity contribution in [3.8, 4) is 11.1 Å². The van der Waals surface area contributed by atoms with E-state index in [1.165, 1.54) is 64.6 Å². The van der Waals surface area contributed by atoms with Crippen LogP contribution in [0.25, 0.3) is 11.1 Å². The molecule has 3 N–H and O–H groups in total. The normalized spacial score (nSPS) is 33.7. The van der Waals surface area contributed by atoms with Crippen LogP contribution >= 0.6 is 0 Å². The molecule has 10 rings (SSSR count). The predicted octanol–water partition coefficient (Wildman–Crippen LogP) is 7.97. The van der Waals surface area contributed by atoms with Gasteiger partial charge < -0.3 is 30.1 Å². The molecule has 4 bridgehead atoms. The number of carbonyl (C=O) groups is 1. The van der Waals surface area contributed by atoms with Crippen molar-refractivity contribution in [2.24, 2.45) is 23.7 Å². The predicted molar refractivity (Wildman–Crippen MR) is 211 cm³/mol. The molecule has 8 heteroatoms. The van der Waals surface area contributed by atoms with Crippen molar-refractivity contribution in [2.45, 2.75) is 114 Å². The van der Waals surface area contributed by atoms with Crippen LogP contribution in [0.2, 0.25) is 0 Å². The Kier molecular flexibility index (Phi) is 10.6. The highest BCUT2D eigenvalue weighted by Crippen LogP contribution is 2.55. The Morgan fingerprint density at radius 2 is 1.50 bits per heavy atom. The maximum Gasteiger partial charge on any atom is 0.315 e. The van der Waals surface area contributed by atoms with E-state index >= 15 is 0 Å². The number of hydrogen-bond acceptors (Lipinski definition) is 6. The summed E-state index contributed by atoms with van der Waals surface area (Å²) >= 11 is 0. The van der Waals surface area contributed by atoms with E-state index in [0.29, 0.717) is 12.6 Å². The van der Waals surface area contributed by atoms with Gasteiger partial charge in [-0.1, -0.05) is 73.7 Å². The van der Waals surface area contributed by atoms with Crippen LogP contribution in [0.1, 0.15) is 106 Å². The van der Waals surface area contributed by atoms with E-state index in [1.54, 1.807) is 0 Å². The first-order valence-electron chi connectivity index (χ1n) is 21.1. The summed E-state index contributed by atoms with van der Waals surface area (Å²) in [5.74, 6) is 2.58. The highest BCUT2D eigenvalue weighted by atomic mass is 16.7. The molecule has 7 aliphatic rings. The summed E-state index contributed by atoms with van der Waals surface area (Å²) in [4.78, 5) is 18.5. The zero-order valence-electron chi connectivity index (χ0n) is 32.1. The Morgan fingerprint density at radius 3 is 2.20 bits per heavy atom. The number of rotatable bonds is 11. The summed E-state index contributed by atoms with van der Waals surface area (Å²) in [6.07, 6.45) is 12.2. The van der Waals surface area contributed by atoms with Crippen molar-refractivity contribution >= 4 is 6.03 Å². The Bertz CT molecular complexity index is 1700. The van der Waals surface area contributed by atoms with Gasteiger partial charge in [0, 0.05) is 42.7 Å². The Balaban J connectivity index is 0.870. The quantitative estimate of drug-likeness (QED) is 0.186. The molecule has 3 aromatic rings. The lowest BCUT2D eigenvalue weighted by Gasteiger charge is -2.56. The third kappa shape index (κ3) is 7.88. The highest BCUT2D eigenvalue weighted by Gasteiger charge is 2.51. The van der Waals surface area contributed by atoms with Gasteiger partial charge in [0.15, 0.2) is 6.29 Å². The number of carbonyl (C=O) groups excluding carboxylic acids is 1. The molecular formula is C46H60N4O4. The molecule has 54 heavy (non-hydrogen) atoms. The number of benzene rings is 3. The summed E-state index contributed by atoms with van der Waals surface area (Å²) in [5, 5.41) is 16.3. The van der Waals surface area contributed by atoms with Gasteiger partial charge in [0.25, 0.3) is 0 Å². The molecule has 0 aromatic heterocycles. The summed E-state index contributed by atoms with van der Waals surface area (Å²) in [7, 11) is 0. The standard InChI is InChI=1S/C46H60N4O4/c1-31-42(29-50-19-5-8-41(50)28-49-17-2-3-18-49)53-44(54-43(31)38-11-9-32(30-51)10-12-38)39-15-13-37(14-16-39)40-7-4-6-33(23-40)27-47-45(52)48-46-24-34-20-35(25-46)22-36(21-34)26-46/h4,6-7,9-16,23,31,34-36,41-44,51H,2-3,5,8,17-22,24-30H2,1H3,(H2,47,48,52)/t31-,34?,35?,36?,41+,42+,43+,44+,46?/m1/s1. The lowest BCUT2D eigenvalue weighted by molar-refractivity contribution is -0.276. The zero-order chi connectivity index (χ0) is 36.6. The first-order chi connectivity index (χ1) is 26.4. The fourth-order valence-electron chi connectivity index (χ4n) is 11.6. The van der Waals surface area contributed by atoms with Crippen LogP contribution in [0.3, 0.4) is 0 Å². The number of hydrogen-bond donors (Lipinski definition) is 3. The fraction of sp³-hybridized carbons (Fsp3) is 0.587. The molecule has 5 atom stereocenters. The van der Waals surface area contributed by atoms with Crippen molar-refractivity contribution in [3.63, 3.8) is 0 Å². The molecule has 0 radical (unpaired) electrons. The second kappa shape index (κ2) is 15.7. The number of urea groups is 1. The van der Waals surface area contributed by atoms with Crippen molar-refractivity contribution < 1.29 is 19.4 Å². The second-order valence-electron chi connectivity index (χ2n) is 17.9. The molecule has 7 fully saturated rings. The first-order valence-corrected chi connectivity index (χ1v) is 21.1. The maximum atomic E-state index is 13.2. The minimum Gasteiger partial charge on any atom is -0.392 e. The molecule has 2 amide bonds. The molecule has 4 aliphatic carbocycles. The van der Waals surface area contributed by atoms with Gasteiger partial charge >= 0.3 is 6.03 Å². The van der Waals surface area contributed by atoms with Gasteiger partial charge in [-0.15, -0.1) is 0 Å². The van der Waals surface area contributed by atoms with Gasteiger partial charge in [0.05, 0.1) is 18.8 Å². The number of aliphatic hydroxyl groups excluding tert-OH is 1. The molecule has 3 aliphatic heterocycles. The number of aliphatic hydroxyl groups is 1. The van der Waals surface area contributed by atoms with E-state index in [4.69, 9.17) is 9.47 Å². The Hall–Kier alpha value is -3.27. The van der Waals surface area contributed by atoms with E-state index in [0.717, 1.165) is 83.5 Å². The average Bonchev–Trinajstić information content (AvgIpc) is 3.87. The van der Waals surface area contributed by atoms with E-state index in [9.17, 15) is 9.90 Å². The van der Waals surface area contributed by atoms with Gasteiger partial charge in [-0.25, -0.2) is 4.79 Å². The van der Waals surface area contributed by atoms with Crippen molar-refractivity contribution in [2.75, 3.05) is 32.7 Å². The minimum atomic E-state index is -0.481. The smallest absolute Gasteiger partial charge is 0.315 e. The molecule has 3 heterocycles. The average molecular weight is 733 g/mol. The summed E-state index contributed by atoms with van der Waals surface area (Å²) in [6.45, 7) is 8.48. The van der Waals surface area contributed by atoms with Crippen LogP contribution in [-0.4, -0.2) is 71.3 Å². The van der Waals surface area contributed by atoms with E-state index in [-0.39, 0.29) is 36.3 Å². The van der Waals surface area contributed by atoms with Gasteiger partial charge in [0.2, 0.25) is 0 Å². The molecular weight excluding hydrogens is 673 g/mol. The van der Waals surface area contributed by atoms with Crippen LogP contribution in [0.5, 0.6) is 0 Å². The van der Waals surface area contributed by atoms with E-state index in [1.807, 2.05) is 12.1 Å². The third-order valence-corrected chi connectivity index (χ3v) is 14.0. The SMILES string of the molecule is C[C@@H]1[C@H](CN2CCC[C@H]2CN2CCCC2)O[C@H](c2ccc(-c3cccc(CNC(=O)NC45CC6CC(CC(C6)C4)C5)c3)cc2)O[C@@H]1c1ccc(CO)cc1.